The van der Waals surface area contributed by atoms with E-state index in [9.17, 15) is 0 Å². The highest BCUT2D eigenvalue weighted by Crippen LogP contribution is 2.44. The molecule has 0 heterocycles. The van der Waals surface area contributed by atoms with Gasteiger partial charge in [-0.1, -0.05) is 38.1 Å². The predicted molar refractivity (Wildman–Crippen MR) is 267 cm³/mol. The maximum Gasteiger partial charge on any atom is 0.0518 e. The average molecular weight is 853 g/mol. The number of fused-ring (bicyclic) bond motifs is 2. The third-order valence-electron chi connectivity index (χ3n) is 11.6. The van der Waals surface area contributed by atoms with Crippen LogP contribution < -0.4 is 0 Å². The van der Waals surface area contributed by atoms with E-state index >= 15 is 0 Å². The van der Waals surface area contributed by atoms with Crippen molar-refractivity contribution in [2.45, 2.75) is 40.0 Å². The van der Waals surface area contributed by atoms with Crippen LogP contribution in [0, 0.1) is 0 Å². The number of hydrogen-bond donors (Lipinski definition) is 0. The first-order valence-corrected chi connectivity index (χ1v) is 22.7. The van der Waals surface area contributed by atoms with Gasteiger partial charge in [-0.25, -0.2) is 0 Å². The summed E-state index contributed by atoms with van der Waals surface area (Å²) in [6.07, 6.45) is 0. The molecule has 5 rings (SSSR count). The molecule has 0 spiro atoms. The van der Waals surface area contributed by atoms with E-state index in [4.69, 9.17) is 0 Å². The van der Waals surface area contributed by atoms with Gasteiger partial charge in [0.1, 0.15) is 0 Å². The quantitative estimate of drug-likeness (QED) is 0.0380. The topological polar surface area (TPSA) is 38.9 Å². The van der Waals surface area contributed by atoms with Crippen LogP contribution in [-0.4, -0.2) is 224 Å². The zero-order valence-electron chi connectivity index (χ0n) is 41.9. The molecule has 0 saturated heterocycles. The summed E-state index contributed by atoms with van der Waals surface area (Å²) < 4.78 is 0. The first kappa shape index (κ1) is 49.9. The van der Waals surface area contributed by atoms with Crippen LogP contribution in [0.1, 0.15) is 36.1 Å². The zero-order valence-corrected chi connectivity index (χ0v) is 41.9. The lowest BCUT2D eigenvalue weighted by Crippen LogP contribution is -2.40. The molecule has 0 fully saturated rings. The average Bonchev–Trinajstić information content (AvgIpc) is 3.16. The molecule has 12 nitrogen and oxygen atoms in total. The highest BCUT2D eigenvalue weighted by molar-refractivity contribution is 6.33. The first-order chi connectivity index (χ1) is 29.3. The van der Waals surface area contributed by atoms with Crippen LogP contribution in [0.25, 0.3) is 43.1 Å². The summed E-state index contributed by atoms with van der Waals surface area (Å²) in [6.45, 7) is 17.1. The highest BCUT2D eigenvalue weighted by atomic mass is 15.4. The molecule has 344 valence electrons. The SMILES string of the molecule is CCN(C)CN(Cc1ccc2c3ccc(CN(CN(C)C)CN(C)CC)c4cc(CN(CN(C)C)CN(C)C)cc(c5cc(CN(CN(C)C)CN(C)C)cc1c25)c43)CN(C)C. The van der Waals surface area contributed by atoms with Gasteiger partial charge in [-0.3, -0.25) is 58.8 Å². The van der Waals surface area contributed by atoms with Gasteiger partial charge in [-0.15, -0.1) is 0 Å². The molecule has 5 aromatic carbocycles. The van der Waals surface area contributed by atoms with Gasteiger partial charge in [0.2, 0.25) is 0 Å². The van der Waals surface area contributed by atoms with E-state index in [1.165, 1.54) is 65.3 Å². The van der Waals surface area contributed by atoms with Gasteiger partial charge in [-0.05, 0) is 201 Å². The van der Waals surface area contributed by atoms with Gasteiger partial charge in [0.15, 0.2) is 0 Å². The standard InChI is InChI=1S/C50H84N12/c1-17-57(15)37-61(35-55(11)12)29-41-19-21-43-44-22-20-42(30-62(36-56(13)14)38-58(16)18-2)46-24-40(28-60(33-53(7)8)34-54(9)10)26-48(50(44)46)47-25-39(23-45(41)49(43)47)27-59(31-51(3)4)32-52(5)6/h19-26H,17-18,27-38H2,1-16H3. The summed E-state index contributed by atoms with van der Waals surface area (Å²) in [5.74, 6) is 0. The molecule has 0 radical (unpaired) electrons. The molecule has 0 aliphatic heterocycles. The molecule has 0 aliphatic carbocycles. The molecule has 0 bridgehead atoms. The van der Waals surface area contributed by atoms with Crippen molar-refractivity contribution in [3.05, 3.63) is 70.8 Å². The predicted octanol–water partition coefficient (Wildman–Crippen LogP) is 5.88. The Morgan fingerprint density at radius 2 is 0.581 bits per heavy atom. The fourth-order valence-corrected chi connectivity index (χ4v) is 9.40. The van der Waals surface area contributed by atoms with Crippen molar-refractivity contribution in [2.24, 2.45) is 0 Å². The van der Waals surface area contributed by atoms with E-state index < -0.39 is 0 Å². The van der Waals surface area contributed by atoms with Gasteiger partial charge in [-0.2, -0.15) is 0 Å². The molecule has 0 aliphatic rings. The van der Waals surface area contributed by atoms with E-state index in [1.54, 1.807) is 0 Å². The smallest absolute Gasteiger partial charge is 0.0518 e. The minimum absolute atomic E-state index is 0.864. The maximum absolute atomic E-state index is 2.58. The van der Waals surface area contributed by atoms with Crippen molar-refractivity contribution in [3.8, 4) is 0 Å². The number of hydrogen-bond acceptors (Lipinski definition) is 12. The van der Waals surface area contributed by atoms with Crippen LogP contribution in [0.5, 0.6) is 0 Å². The van der Waals surface area contributed by atoms with Gasteiger partial charge in [0.25, 0.3) is 0 Å². The summed E-state index contributed by atoms with van der Waals surface area (Å²) in [4.78, 5) is 28.8. The molecule has 0 amide bonds. The molecule has 12 heteroatoms. The lowest BCUT2D eigenvalue weighted by molar-refractivity contribution is 0.101. The normalized spacial score (nSPS) is 13.2. The molecular weight excluding hydrogens is 769 g/mol. The molecule has 0 atom stereocenters. The number of benzene rings is 5. The van der Waals surface area contributed by atoms with Gasteiger partial charge >= 0.3 is 0 Å². The second-order valence-electron chi connectivity index (χ2n) is 19.9. The Kier molecular flexibility index (Phi) is 18.3. The van der Waals surface area contributed by atoms with E-state index in [2.05, 4.69) is 220 Å². The molecule has 5 aromatic rings. The van der Waals surface area contributed by atoms with E-state index in [-0.39, 0.29) is 0 Å². The van der Waals surface area contributed by atoms with Crippen LogP contribution in [0.4, 0.5) is 0 Å². The number of rotatable bonds is 26. The fraction of sp³-hybridized carbons (Fsp3) is 0.600. The highest BCUT2D eigenvalue weighted by Gasteiger charge is 2.23. The van der Waals surface area contributed by atoms with Crippen LogP contribution in [-0.2, 0) is 26.2 Å². The van der Waals surface area contributed by atoms with Crippen molar-refractivity contribution in [1.82, 2.24) is 58.8 Å². The van der Waals surface area contributed by atoms with E-state index in [0.29, 0.717) is 0 Å². The second-order valence-corrected chi connectivity index (χ2v) is 19.9. The molecule has 0 saturated carbocycles. The van der Waals surface area contributed by atoms with Crippen molar-refractivity contribution in [1.29, 1.82) is 0 Å². The summed E-state index contributed by atoms with van der Waals surface area (Å²) in [5.41, 5.74) is 5.50. The molecule has 0 N–H and O–H groups in total. The monoisotopic (exact) mass is 853 g/mol. The summed E-state index contributed by atoms with van der Waals surface area (Å²) >= 11 is 0. The lowest BCUT2D eigenvalue weighted by Gasteiger charge is -2.31. The van der Waals surface area contributed by atoms with Crippen molar-refractivity contribution >= 4 is 43.1 Å². The maximum atomic E-state index is 2.58. The largest absolute Gasteiger partial charge is 0.297 e. The third kappa shape index (κ3) is 13.5. The molecular formula is C50H84N12. The Balaban J connectivity index is 1.86. The van der Waals surface area contributed by atoms with Gasteiger partial charge < -0.3 is 0 Å². The van der Waals surface area contributed by atoms with E-state index in [0.717, 1.165) is 92.6 Å². The Labute approximate surface area is 376 Å². The fourth-order valence-electron chi connectivity index (χ4n) is 9.40. The van der Waals surface area contributed by atoms with Crippen molar-refractivity contribution in [3.63, 3.8) is 0 Å². The minimum Gasteiger partial charge on any atom is -0.297 e. The molecule has 0 aromatic heterocycles. The third-order valence-corrected chi connectivity index (χ3v) is 11.6. The summed E-state index contributed by atoms with van der Waals surface area (Å²) in [6, 6.07) is 19.9. The Hall–Kier alpha value is -3.08. The molecule has 0 unspecified atom stereocenters. The lowest BCUT2D eigenvalue weighted by atomic mass is 9.85. The van der Waals surface area contributed by atoms with Crippen LogP contribution in [0.3, 0.4) is 0 Å². The van der Waals surface area contributed by atoms with Gasteiger partial charge in [0.05, 0.1) is 53.3 Å². The summed E-state index contributed by atoms with van der Waals surface area (Å²) in [5, 5.41) is 11.0. The Bertz CT molecular complexity index is 1980. The minimum atomic E-state index is 0.864. The van der Waals surface area contributed by atoms with Crippen LogP contribution in [0.2, 0.25) is 0 Å². The summed E-state index contributed by atoms with van der Waals surface area (Å²) in [7, 11) is 30.6. The number of nitrogens with zero attached hydrogens (tertiary/aromatic N) is 12. The first-order valence-electron chi connectivity index (χ1n) is 22.7. The second kappa shape index (κ2) is 22.7. The van der Waals surface area contributed by atoms with Gasteiger partial charge in [0, 0.05) is 26.2 Å². The Morgan fingerprint density at radius 1 is 0.306 bits per heavy atom. The zero-order chi connectivity index (χ0) is 45.4. The van der Waals surface area contributed by atoms with Crippen molar-refractivity contribution < 1.29 is 0 Å². The van der Waals surface area contributed by atoms with Crippen LogP contribution >= 0.6 is 0 Å². The molecule has 62 heavy (non-hydrogen) atoms. The van der Waals surface area contributed by atoms with Crippen molar-refractivity contribution in [2.75, 3.05) is 165 Å². The Morgan fingerprint density at radius 3 is 0.855 bits per heavy atom. The van der Waals surface area contributed by atoms with Crippen LogP contribution in [0.15, 0.2) is 48.5 Å². The van der Waals surface area contributed by atoms with E-state index in [1.807, 2.05) is 0 Å².